The van der Waals surface area contributed by atoms with Gasteiger partial charge in [0, 0.05) is 20.1 Å². The number of benzene rings is 2. The average Bonchev–Trinajstić information content (AvgIpc) is 2.38. The summed E-state index contributed by atoms with van der Waals surface area (Å²) in [6.07, 6.45) is 0. The van der Waals surface area contributed by atoms with E-state index in [0.717, 1.165) is 25.7 Å². The summed E-state index contributed by atoms with van der Waals surface area (Å²) in [7, 11) is 0. The molecule has 0 aliphatic carbocycles. The highest BCUT2D eigenvalue weighted by molar-refractivity contribution is 9.10. The molecule has 0 radical (unpaired) electrons. The Morgan fingerprint density at radius 1 is 1.17 bits per heavy atom. The number of nitriles is 1. The minimum atomic E-state index is 0.676. The lowest BCUT2D eigenvalue weighted by molar-refractivity contribution is 1.32. The standard InChI is InChI=1S/C14H9BrClNS/c15-12-5-3-7-14(11(12)8-17)18-9-10-4-1-2-6-13(10)16/h1-7H,9H2. The minimum Gasteiger partial charge on any atom is -0.192 e. The predicted octanol–water partition coefficient (Wildman–Crippen LogP) is 5.27. The van der Waals surface area contributed by atoms with Crippen molar-refractivity contribution in [2.45, 2.75) is 10.6 Å². The SMILES string of the molecule is N#Cc1c(Br)cccc1SCc1ccccc1Cl. The second-order valence-corrected chi connectivity index (χ2v) is 5.88. The van der Waals surface area contributed by atoms with Crippen molar-refractivity contribution in [2.75, 3.05) is 0 Å². The van der Waals surface area contributed by atoms with Crippen LogP contribution in [0.2, 0.25) is 5.02 Å². The highest BCUT2D eigenvalue weighted by Gasteiger charge is 2.07. The molecule has 0 atom stereocenters. The third kappa shape index (κ3) is 3.08. The number of rotatable bonds is 3. The first-order valence-electron chi connectivity index (χ1n) is 5.27. The van der Waals surface area contributed by atoms with E-state index in [0.29, 0.717) is 5.56 Å². The topological polar surface area (TPSA) is 23.8 Å². The molecule has 1 nitrogen and oxygen atoms in total. The first kappa shape index (κ1) is 13.5. The summed E-state index contributed by atoms with van der Waals surface area (Å²) in [5.41, 5.74) is 1.75. The van der Waals surface area contributed by atoms with E-state index in [1.807, 2.05) is 42.5 Å². The van der Waals surface area contributed by atoms with Crippen LogP contribution in [0.1, 0.15) is 11.1 Å². The van der Waals surface area contributed by atoms with Crippen LogP contribution in [-0.2, 0) is 5.75 Å². The number of hydrogen-bond acceptors (Lipinski definition) is 2. The van der Waals surface area contributed by atoms with Gasteiger partial charge >= 0.3 is 0 Å². The molecule has 0 unspecified atom stereocenters. The molecule has 0 bridgehead atoms. The van der Waals surface area contributed by atoms with E-state index in [-0.39, 0.29) is 0 Å². The predicted molar refractivity (Wildman–Crippen MR) is 79.9 cm³/mol. The molecule has 0 saturated carbocycles. The Morgan fingerprint density at radius 3 is 2.67 bits per heavy atom. The highest BCUT2D eigenvalue weighted by atomic mass is 79.9. The molecule has 0 aliphatic heterocycles. The van der Waals surface area contributed by atoms with Gasteiger partial charge in [0.05, 0.1) is 5.56 Å². The van der Waals surface area contributed by atoms with Gasteiger partial charge in [0.15, 0.2) is 0 Å². The van der Waals surface area contributed by atoms with Crippen molar-refractivity contribution in [3.63, 3.8) is 0 Å². The first-order chi connectivity index (χ1) is 8.72. The molecule has 0 spiro atoms. The molecular weight excluding hydrogens is 330 g/mol. The van der Waals surface area contributed by atoms with Gasteiger partial charge in [-0.05, 0) is 39.7 Å². The molecule has 4 heteroatoms. The fourth-order valence-electron chi connectivity index (χ4n) is 1.50. The normalized spacial score (nSPS) is 10.1. The van der Waals surface area contributed by atoms with E-state index < -0.39 is 0 Å². The van der Waals surface area contributed by atoms with Crippen molar-refractivity contribution >= 4 is 39.3 Å². The summed E-state index contributed by atoms with van der Waals surface area (Å²) >= 11 is 11.1. The van der Waals surface area contributed by atoms with Crippen molar-refractivity contribution in [1.29, 1.82) is 5.26 Å². The highest BCUT2D eigenvalue weighted by Crippen LogP contribution is 2.31. The third-order valence-corrected chi connectivity index (χ3v) is 4.56. The van der Waals surface area contributed by atoms with Crippen LogP contribution in [0.15, 0.2) is 51.8 Å². The number of hydrogen-bond donors (Lipinski definition) is 0. The van der Waals surface area contributed by atoms with Gasteiger partial charge in [0.25, 0.3) is 0 Å². The summed E-state index contributed by atoms with van der Waals surface area (Å²) in [6.45, 7) is 0. The van der Waals surface area contributed by atoms with Crippen LogP contribution >= 0.6 is 39.3 Å². The zero-order valence-electron chi connectivity index (χ0n) is 9.36. The van der Waals surface area contributed by atoms with Crippen molar-refractivity contribution in [1.82, 2.24) is 0 Å². The molecule has 0 N–H and O–H groups in total. The van der Waals surface area contributed by atoms with E-state index in [4.69, 9.17) is 16.9 Å². The van der Waals surface area contributed by atoms with Gasteiger partial charge in [-0.3, -0.25) is 0 Å². The molecule has 0 saturated heterocycles. The lowest BCUT2D eigenvalue weighted by Gasteiger charge is -2.06. The Labute approximate surface area is 124 Å². The Kier molecular flexibility index (Phi) is 4.71. The monoisotopic (exact) mass is 337 g/mol. The quantitative estimate of drug-likeness (QED) is 0.712. The van der Waals surface area contributed by atoms with Crippen molar-refractivity contribution in [3.05, 3.63) is 63.1 Å². The Bertz CT molecular complexity index is 607. The lowest BCUT2D eigenvalue weighted by Crippen LogP contribution is -1.86. The van der Waals surface area contributed by atoms with Gasteiger partial charge in [-0.1, -0.05) is 35.9 Å². The molecule has 0 heterocycles. The van der Waals surface area contributed by atoms with Gasteiger partial charge in [-0.15, -0.1) is 11.8 Å². The molecule has 2 aromatic carbocycles. The smallest absolute Gasteiger partial charge is 0.101 e. The van der Waals surface area contributed by atoms with Gasteiger partial charge in [0.1, 0.15) is 6.07 Å². The maximum atomic E-state index is 9.13. The average molecular weight is 339 g/mol. The molecule has 2 rings (SSSR count). The van der Waals surface area contributed by atoms with E-state index in [1.54, 1.807) is 11.8 Å². The van der Waals surface area contributed by atoms with Crippen molar-refractivity contribution in [3.8, 4) is 6.07 Å². The van der Waals surface area contributed by atoms with Crippen LogP contribution in [0.4, 0.5) is 0 Å². The summed E-state index contributed by atoms with van der Waals surface area (Å²) in [5, 5.41) is 9.89. The summed E-state index contributed by atoms with van der Waals surface area (Å²) < 4.78 is 0.828. The Morgan fingerprint density at radius 2 is 1.94 bits per heavy atom. The zero-order chi connectivity index (χ0) is 13.0. The largest absolute Gasteiger partial charge is 0.192 e. The van der Waals surface area contributed by atoms with Gasteiger partial charge in [0.2, 0.25) is 0 Å². The third-order valence-electron chi connectivity index (χ3n) is 2.43. The molecule has 0 fully saturated rings. The second kappa shape index (κ2) is 6.29. The Balaban J connectivity index is 2.19. The van der Waals surface area contributed by atoms with Gasteiger partial charge in [-0.2, -0.15) is 5.26 Å². The van der Waals surface area contributed by atoms with Gasteiger partial charge < -0.3 is 0 Å². The fraction of sp³-hybridized carbons (Fsp3) is 0.0714. The van der Waals surface area contributed by atoms with Crippen LogP contribution in [0.3, 0.4) is 0 Å². The zero-order valence-corrected chi connectivity index (χ0v) is 12.5. The van der Waals surface area contributed by atoms with Crippen LogP contribution in [0.25, 0.3) is 0 Å². The van der Waals surface area contributed by atoms with Crippen LogP contribution in [-0.4, -0.2) is 0 Å². The van der Waals surface area contributed by atoms with E-state index in [2.05, 4.69) is 22.0 Å². The maximum absolute atomic E-state index is 9.13. The van der Waals surface area contributed by atoms with E-state index >= 15 is 0 Å². The van der Waals surface area contributed by atoms with Crippen molar-refractivity contribution < 1.29 is 0 Å². The maximum Gasteiger partial charge on any atom is 0.101 e. The Hall–Kier alpha value is -0.950. The lowest BCUT2D eigenvalue weighted by atomic mass is 10.2. The molecule has 0 aliphatic rings. The summed E-state index contributed by atoms with van der Waals surface area (Å²) in [4.78, 5) is 0.965. The molecular formula is C14H9BrClNS. The van der Waals surface area contributed by atoms with Gasteiger partial charge in [-0.25, -0.2) is 0 Å². The number of thioether (sulfide) groups is 1. The number of nitrogens with zero attached hydrogens (tertiary/aromatic N) is 1. The molecule has 90 valence electrons. The minimum absolute atomic E-state index is 0.676. The second-order valence-electron chi connectivity index (χ2n) is 3.60. The fourth-order valence-corrected chi connectivity index (χ4v) is 3.41. The molecule has 0 aromatic heterocycles. The number of halogens is 2. The van der Waals surface area contributed by atoms with Crippen molar-refractivity contribution in [2.24, 2.45) is 0 Å². The van der Waals surface area contributed by atoms with E-state index in [9.17, 15) is 0 Å². The van der Waals surface area contributed by atoms with Crippen LogP contribution in [0.5, 0.6) is 0 Å². The first-order valence-corrected chi connectivity index (χ1v) is 7.43. The van der Waals surface area contributed by atoms with Crippen LogP contribution < -0.4 is 0 Å². The van der Waals surface area contributed by atoms with E-state index in [1.165, 1.54) is 0 Å². The summed E-state index contributed by atoms with van der Waals surface area (Å²) in [6, 6.07) is 15.7. The molecule has 0 amide bonds. The molecule has 18 heavy (non-hydrogen) atoms. The molecule has 2 aromatic rings. The van der Waals surface area contributed by atoms with Crippen LogP contribution in [0, 0.1) is 11.3 Å². The summed E-state index contributed by atoms with van der Waals surface area (Å²) in [5.74, 6) is 0.755.